The number of hydrogen-bond donors (Lipinski definition) is 0. The zero-order valence-corrected chi connectivity index (χ0v) is 18.7. The van der Waals surface area contributed by atoms with Crippen LogP contribution in [0.4, 0.5) is 0 Å². The molecule has 0 N–H and O–H groups in total. The van der Waals surface area contributed by atoms with Crippen molar-refractivity contribution in [3.05, 3.63) is 71.5 Å². The van der Waals surface area contributed by atoms with Gasteiger partial charge in [0, 0.05) is 25.1 Å². The number of likely N-dealkylation sites (tertiary alicyclic amines) is 1. The Kier molecular flexibility index (Phi) is 6.08. The average molecular weight is 459 g/mol. The molecule has 2 aromatic carbocycles. The lowest BCUT2D eigenvalue weighted by atomic mass is 9.99. The fourth-order valence-electron chi connectivity index (χ4n) is 3.95. The van der Waals surface area contributed by atoms with Crippen LogP contribution in [-0.2, 0) is 14.3 Å². The zero-order chi connectivity index (χ0) is 22.6. The third-order valence-electron chi connectivity index (χ3n) is 5.63. The Morgan fingerprint density at radius 3 is 2.70 bits per heavy atom. The highest BCUT2D eigenvalue weighted by molar-refractivity contribution is 7.18. The van der Waals surface area contributed by atoms with E-state index in [1.165, 1.54) is 12.2 Å². The molecule has 7 nitrogen and oxygen atoms in total. The molecule has 8 heteroatoms. The Morgan fingerprint density at radius 2 is 1.85 bits per heavy atom. The monoisotopic (exact) mass is 458 g/mol. The van der Waals surface area contributed by atoms with E-state index in [9.17, 15) is 9.59 Å². The molecule has 166 valence electrons. The number of carbonyl (C=O) groups excluding carboxylic acids is 2. The molecule has 1 aliphatic rings. The van der Waals surface area contributed by atoms with Crippen LogP contribution >= 0.6 is 11.3 Å². The van der Waals surface area contributed by atoms with Crippen LogP contribution in [0, 0.1) is 0 Å². The fourth-order valence-corrected chi connectivity index (χ4v) is 5.04. The third kappa shape index (κ3) is 4.90. The van der Waals surface area contributed by atoms with E-state index in [1.807, 2.05) is 42.5 Å². The number of piperidine rings is 1. The number of benzene rings is 2. The molecule has 0 saturated carbocycles. The minimum absolute atomic E-state index is 0.187. The predicted octanol–water partition coefficient (Wildman–Crippen LogP) is 4.20. The van der Waals surface area contributed by atoms with Gasteiger partial charge in [0.05, 0.1) is 38.1 Å². The summed E-state index contributed by atoms with van der Waals surface area (Å²) in [6, 6.07) is 15.6. The lowest BCUT2D eigenvalue weighted by Gasteiger charge is -2.31. The van der Waals surface area contributed by atoms with E-state index in [2.05, 4.69) is 16.0 Å². The molecule has 5 rings (SSSR count). The van der Waals surface area contributed by atoms with Crippen LogP contribution in [0.25, 0.3) is 27.3 Å². The molecule has 3 heterocycles. The van der Waals surface area contributed by atoms with E-state index in [0.717, 1.165) is 39.1 Å². The number of carbonyl (C=O) groups is 2. The Labute approximate surface area is 194 Å². The van der Waals surface area contributed by atoms with Gasteiger partial charge < -0.3 is 9.64 Å². The van der Waals surface area contributed by atoms with Crippen molar-refractivity contribution in [3.8, 4) is 0 Å². The molecular formula is C25H22N4O3S. The van der Waals surface area contributed by atoms with Gasteiger partial charge in [0.1, 0.15) is 0 Å². The van der Waals surface area contributed by atoms with Crippen molar-refractivity contribution in [1.82, 2.24) is 19.9 Å². The largest absolute Gasteiger partial charge is 0.452 e. The van der Waals surface area contributed by atoms with E-state index in [-0.39, 0.29) is 18.4 Å². The van der Waals surface area contributed by atoms with E-state index < -0.39 is 5.97 Å². The molecule has 1 fully saturated rings. The van der Waals surface area contributed by atoms with Crippen LogP contribution < -0.4 is 0 Å². The lowest BCUT2D eigenvalue weighted by Crippen LogP contribution is -2.41. The topological polar surface area (TPSA) is 85.3 Å². The van der Waals surface area contributed by atoms with Crippen LogP contribution in [0.15, 0.2) is 60.8 Å². The number of amides is 1. The van der Waals surface area contributed by atoms with Gasteiger partial charge in [-0.15, -0.1) is 11.3 Å². The SMILES string of the molecule is O=C(/C=C/c1cnc2ccccc2n1)OCC(=O)N1CCCC(c2nc3ccccc3s2)C1. The summed E-state index contributed by atoms with van der Waals surface area (Å²) in [5.41, 5.74) is 3.08. The summed E-state index contributed by atoms with van der Waals surface area (Å²) in [5, 5.41) is 1.06. The van der Waals surface area contributed by atoms with Crippen LogP contribution in [0.2, 0.25) is 0 Å². The van der Waals surface area contributed by atoms with Crippen LogP contribution in [0.3, 0.4) is 0 Å². The normalized spacial score (nSPS) is 16.5. The first-order valence-electron chi connectivity index (χ1n) is 10.9. The van der Waals surface area contributed by atoms with Crippen LogP contribution in [0.5, 0.6) is 0 Å². The Morgan fingerprint density at radius 1 is 1.06 bits per heavy atom. The molecule has 1 amide bonds. The zero-order valence-electron chi connectivity index (χ0n) is 17.9. The number of hydrogen-bond acceptors (Lipinski definition) is 7. The van der Waals surface area contributed by atoms with E-state index >= 15 is 0 Å². The van der Waals surface area contributed by atoms with Gasteiger partial charge in [-0.2, -0.15) is 0 Å². The summed E-state index contributed by atoms with van der Waals surface area (Å²) in [5.74, 6) is -0.562. The smallest absolute Gasteiger partial charge is 0.331 e. The van der Waals surface area contributed by atoms with Gasteiger partial charge in [0.25, 0.3) is 5.91 Å². The summed E-state index contributed by atoms with van der Waals surface area (Å²) < 4.78 is 6.34. The van der Waals surface area contributed by atoms with E-state index in [1.54, 1.807) is 22.4 Å². The number of aromatic nitrogens is 3. The number of fused-ring (bicyclic) bond motifs is 2. The summed E-state index contributed by atoms with van der Waals surface area (Å²) in [4.78, 5) is 40.0. The van der Waals surface area contributed by atoms with Gasteiger partial charge in [-0.1, -0.05) is 24.3 Å². The van der Waals surface area contributed by atoms with Crippen molar-refractivity contribution in [2.75, 3.05) is 19.7 Å². The number of ether oxygens (including phenoxy) is 1. The van der Waals surface area contributed by atoms with Crippen molar-refractivity contribution in [3.63, 3.8) is 0 Å². The first-order chi connectivity index (χ1) is 16.2. The third-order valence-corrected chi connectivity index (χ3v) is 6.83. The van der Waals surface area contributed by atoms with Gasteiger partial charge >= 0.3 is 5.97 Å². The summed E-state index contributed by atoms with van der Waals surface area (Å²) >= 11 is 1.69. The van der Waals surface area contributed by atoms with Crippen molar-refractivity contribution >= 4 is 50.5 Å². The fraction of sp³-hybridized carbons (Fsp3) is 0.240. The highest BCUT2D eigenvalue weighted by Gasteiger charge is 2.27. The van der Waals surface area contributed by atoms with Crippen LogP contribution in [0.1, 0.15) is 29.5 Å². The minimum Gasteiger partial charge on any atom is -0.452 e. The van der Waals surface area contributed by atoms with Crippen LogP contribution in [-0.4, -0.2) is 51.4 Å². The Hall–Kier alpha value is -3.65. The molecule has 1 aliphatic heterocycles. The molecule has 0 aliphatic carbocycles. The molecule has 4 aromatic rings. The van der Waals surface area contributed by atoms with Gasteiger partial charge in [0.2, 0.25) is 0 Å². The standard InChI is InChI=1S/C25H22N4O3S/c30-23(16-32-24(31)12-11-18-14-26-19-7-1-2-8-20(19)27-18)29-13-5-6-17(15-29)25-28-21-9-3-4-10-22(21)33-25/h1-4,7-12,14,17H,5-6,13,15-16H2/b12-11+. The Bertz CT molecular complexity index is 1320. The molecule has 0 radical (unpaired) electrons. The van der Waals surface area contributed by atoms with Crippen molar-refractivity contribution in [2.24, 2.45) is 0 Å². The van der Waals surface area contributed by atoms with Gasteiger partial charge in [-0.3, -0.25) is 9.78 Å². The maximum absolute atomic E-state index is 12.7. The second-order valence-electron chi connectivity index (χ2n) is 7.92. The second kappa shape index (κ2) is 9.46. The lowest BCUT2D eigenvalue weighted by molar-refractivity contribution is -0.148. The molecule has 1 atom stereocenters. The highest BCUT2D eigenvalue weighted by Crippen LogP contribution is 2.32. The first-order valence-corrected chi connectivity index (χ1v) is 11.7. The minimum atomic E-state index is -0.585. The molecule has 1 unspecified atom stereocenters. The molecule has 1 saturated heterocycles. The van der Waals surface area contributed by atoms with E-state index in [4.69, 9.17) is 9.72 Å². The molecule has 33 heavy (non-hydrogen) atoms. The maximum atomic E-state index is 12.7. The number of nitrogens with zero attached hydrogens (tertiary/aromatic N) is 4. The molecule has 0 spiro atoms. The van der Waals surface area contributed by atoms with Gasteiger partial charge in [-0.25, -0.2) is 14.8 Å². The number of thiazole rings is 1. The van der Waals surface area contributed by atoms with Crippen molar-refractivity contribution in [1.29, 1.82) is 0 Å². The molecular weight excluding hydrogens is 436 g/mol. The predicted molar refractivity (Wildman–Crippen MR) is 128 cm³/mol. The number of para-hydroxylation sites is 3. The number of esters is 1. The highest BCUT2D eigenvalue weighted by atomic mass is 32.1. The average Bonchev–Trinajstić information content (AvgIpc) is 3.30. The first kappa shape index (κ1) is 21.2. The van der Waals surface area contributed by atoms with Crippen molar-refractivity contribution < 1.29 is 14.3 Å². The number of rotatable bonds is 5. The molecule has 0 bridgehead atoms. The van der Waals surface area contributed by atoms with Gasteiger partial charge in [0.15, 0.2) is 6.61 Å². The summed E-state index contributed by atoms with van der Waals surface area (Å²) in [6.07, 6.45) is 6.30. The van der Waals surface area contributed by atoms with Gasteiger partial charge in [-0.05, 0) is 43.2 Å². The molecule has 2 aromatic heterocycles. The Balaban J connectivity index is 1.16. The second-order valence-corrected chi connectivity index (χ2v) is 8.99. The summed E-state index contributed by atoms with van der Waals surface area (Å²) in [6.45, 7) is 0.984. The maximum Gasteiger partial charge on any atom is 0.331 e. The van der Waals surface area contributed by atoms with E-state index in [0.29, 0.717) is 18.8 Å². The van der Waals surface area contributed by atoms with Crippen molar-refractivity contribution in [2.45, 2.75) is 18.8 Å². The quantitative estimate of drug-likeness (QED) is 0.329. The summed E-state index contributed by atoms with van der Waals surface area (Å²) in [7, 11) is 0.